The maximum atomic E-state index is 12.4. The molecule has 0 atom stereocenters. The number of aliphatic imine (C=N–C) groups is 1. The van der Waals surface area contributed by atoms with Crippen molar-refractivity contribution in [3.63, 3.8) is 0 Å². The molecule has 1 aliphatic carbocycles. The fourth-order valence-electron chi connectivity index (χ4n) is 6.05. The van der Waals surface area contributed by atoms with Crippen molar-refractivity contribution in [2.24, 2.45) is 10.7 Å². The summed E-state index contributed by atoms with van der Waals surface area (Å²) in [6.07, 6.45) is 18.6. The number of aromatic nitrogens is 1. The van der Waals surface area contributed by atoms with E-state index in [4.69, 9.17) is 15.7 Å². The Kier molecular flexibility index (Phi) is 14.0. The van der Waals surface area contributed by atoms with Gasteiger partial charge in [0.2, 0.25) is 23.0 Å². The van der Waals surface area contributed by atoms with Gasteiger partial charge in [0.25, 0.3) is 0 Å². The highest BCUT2D eigenvalue weighted by Crippen LogP contribution is 2.38. The minimum absolute atomic E-state index is 0.192. The van der Waals surface area contributed by atoms with Crippen LogP contribution >= 0.6 is 0 Å². The van der Waals surface area contributed by atoms with E-state index in [-0.39, 0.29) is 11.5 Å². The second-order valence-electron chi connectivity index (χ2n) is 10.8. The SMILES string of the molecule is N#CN=C(N)N(CCCCCCCCN([SH](=O)=O)C1(CCCN2CCOCC2)CCCCC1)c1ccncc1. The van der Waals surface area contributed by atoms with Gasteiger partial charge in [0, 0.05) is 49.8 Å². The number of nitriles is 1. The number of thiol groups is 1. The zero-order chi connectivity index (χ0) is 27.8. The Balaban J connectivity index is 1.40. The molecule has 2 fully saturated rings. The number of nitrogens with two attached hydrogens (primary N) is 1. The van der Waals surface area contributed by atoms with Crippen LogP contribution in [-0.4, -0.2) is 80.0 Å². The van der Waals surface area contributed by atoms with Gasteiger partial charge < -0.3 is 15.4 Å². The maximum Gasteiger partial charge on any atom is 0.211 e. The standard InChI is InChI=1S/C28H47N7O3S/c29-25-32-27(30)34(26-11-16-31-17-12-26)19-8-3-1-2-4-9-20-35(39(36)37)28(13-6-5-7-14-28)15-10-18-33-21-23-38-24-22-33/h11-12,16-17,39H,1-10,13-15,18-24H2,(H2,30,32). The van der Waals surface area contributed by atoms with Crippen molar-refractivity contribution in [3.05, 3.63) is 24.5 Å². The smallest absolute Gasteiger partial charge is 0.211 e. The van der Waals surface area contributed by atoms with E-state index in [0.29, 0.717) is 13.1 Å². The largest absolute Gasteiger partial charge is 0.379 e. The van der Waals surface area contributed by atoms with E-state index >= 15 is 0 Å². The number of guanidine groups is 1. The van der Waals surface area contributed by atoms with Crippen LogP contribution in [0.3, 0.4) is 0 Å². The van der Waals surface area contributed by atoms with Crippen LogP contribution in [0.4, 0.5) is 5.69 Å². The molecule has 11 heteroatoms. The topological polar surface area (TPSA) is 128 Å². The van der Waals surface area contributed by atoms with Gasteiger partial charge in [-0.1, -0.05) is 44.9 Å². The molecule has 1 saturated heterocycles. The Hall–Kier alpha value is -2.26. The maximum absolute atomic E-state index is 12.4. The Morgan fingerprint density at radius 1 is 1.03 bits per heavy atom. The summed E-state index contributed by atoms with van der Waals surface area (Å²) in [6, 6.07) is 3.71. The van der Waals surface area contributed by atoms with Gasteiger partial charge in [-0.2, -0.15) is 9.57 Å². The predicted octanol–water partition coefficient (Wildman–Crippen LogP) is 3.67. The number of anilines is 1. The lowest BCUT2D eigenvalue weighted by atomic mass is 9.78. The van der Waals surface area contributed by atoms with Gasteiger partial charge in [0.05, 0.1) is 13.2 Å². The van der Waals surface area contributed by atoms with Crippen molar-refractivity contribution < 1.29 is 13.2 Å². The number of morpholine rings is 1. The van der Waals surface area contributed by atoms with Crippen LogP contribution < -0.4 is 10.6 Å². The molecule has 1 saturated carbocycles. The molecule has 0 spiro atoms. The van der Waals surface area contributed by atoms with E-state index in [0.717, 1.165) is 116 Å². The van der Waals surface area contributed by atoms with E-state index in [1.165, 1.54) is 6.42 Å². The molecule has 3 rings (SSSR count). The quantitative estimate of drug-likeness (QED) is 0.103. The van der Waals surface area contributed by atoms with Crippen LogP contribution in [0.2, 0.25) is 0 Å². The molecule has 1 aromatic heterocycles. The summed E-state index contributed by atoms with van der Waals surface area (Å²) in [5, 5.41) is 8.89. The van der Waals surface area contributed by atoms with Gasteiger partial charge in [-0.15, -0.1) is 4.99 Å². The third-order valence-corrected chi connectivity index (χ3v) is 9.18. The molecule has 0 radical (unpaired) electrons. The molecule has 0 amide bonds. The fourth-order valence-corrected chi connectivity index (χ4v) is 7.00. The zero-order valence-electron chi connectivity index (χ0n) is 23.4. The number of hydrogen-bond acceptors (Lipinski definition) is 7. The summed E-state index contributed by atoms with van der Waals surface area (Å²) >= 11 is 0. The Bertz CT molecular complexity index is 963. The van der Waals surface area contributed by atoms with Gasteiger partial charge >= 0.3 is 0 Å². The minimum Gasteiger partial charge on any atom is -0.379 e. The first-order chi connectivity index (χ1) is 19.1. The van der Waals surface area contributed by atoms with Gasteiger partial charge in [0.15, 0.2) is 0 Å². The van der Waals surface area contributed by atoms with Crippen molar-refractivity contribution in [1.82, 2.24) is 14.2 Å². The van der Waals surface area contributed by atoms with Crippen LogP contribution in [0, 0.1) is 11.5 Å². The summed E-state index contributed by atoms with van der Waals surface area (Å²) in [7, 11) is -2.59. The average molecular weight is 562 g/mol. The number of pyridine rings is 1. The molecule has 1 aliphatic heterocycles. The highest BCUT2D eigenvalue weighted by atomic mass is 32.2. The highest BCUT2D eigenvalue weighted by molar-refractivity contribution is 7.69. The lowest BCUT2D eigenvalue weighted by Crippen LogP contribution is -2.50. The second-order valence-corrected chi connectivity index (χ2v) is 11.7. The summed E-state index contributed by atoms with van der Waals surface area (Å²) in [6.45, 7) is 5.91. The molecule has 0 unspecified atom stereocenters. The number of nitrogens with zero attached hydrogens (tertiary/aromatic N) is 6. The van der Waals surface area contributed by atoms with Crippen molar-refractivity contribution in [2.75, 3.05) is 50.8 Å². The van der Waals surface area contributed by atoms with Gasteiger partial charge in [-0.3, -0.25) is 9.88 Å². The third-order valence-electron chi connectivity index (χ3n) is 8.17. The number of unbranched alkanes of at least 4 members (excludes halogenated alkanes) is 5. The number of ether oxygens (including phenoxy) is 1. The molecule has 39 heavy (non-hydrogen) atoms. The zero-order valence-corrected chi connectivity index (χ0v) is 24.3. The van der Waals surface area contributed by atoms with Gasteiger partial charge in [0.1, 0.15) is 0 Å². The highest BCUT2D eigenvalue weighted by Gasteiger charge is 2.39. The Morgan fingerprint density at radius 2 is 1.67 bits per heavy atom. The molecular formula is C28H47N7O3S. The van der Waals surface area contributed by atoms with Crippen molar-refractivity contribution in [2.45, 2.75) is 89.0 Å². The molecule has 0 aromatic carbocycles. The first-order valence-corrected chi connectivity index (χ1v) is 15.8. The van der Waals surface area contributed by atoms with E-state index < -0.39 is 10.9 Å². The molecule has 2 N–H and O–H groups in total. The second kappa shape index (κ2) is 17.4. The monoisotopic (exact) mass is 561 g/mol. The van der Waals surface area contributed by atoms with Crippen LogP contribution in [0.15, 0.2) is 29.5 Å². The summed E-state index contributed by atoms with van der Waals surface area (Å²) in [4.78, 5) is 12.0. The normalized spacial score (nSPS) is 18.3. The minimum atomic E-state index is -2.59. The lowest BCUT2D eigenvalue weighted by Gasteiger charge is -2.44. The number of rotatable bonds is 16. The first-order valence-electron chi connectivity index (χ1n) is 14.7. The molecule has 0 bridgehead atoms. The molecule has 1 aromatic rings. The van der Waals surface area contributed by atoms with Crippen molar-refractivity contribution in [3.8, 4) is 6.19 Å². The summed E-state index contributed by atoms with van der Waals surface area (Å²) < 4.78 is 32.2. The van der Waals surface area contributed by atoms with Crippen LogP contribution in [0.5, 0.6) is 0 Å². The Labute approximate surface area is 236 Å². The first kappa shape index (κ1) is 31.3. The average Bonchev–Trinajstić information content (AvgIpc) is 2.95. The molecular weight excluding hydrogens is 514 g/mol. The van der Waals surface area contributed by atoms with E-state index in [1.807, 2.05) is 21.3 Å². The van der Waals surface area contributed by atoms with Gasteiger partial charge in [-0.05, 0) is 57.2 Å². The van der Waals surface area contributed by atoms with Crippen molar-refractivity contribution in [1.29, 1.82) is 5.26 Å². The fraction of sp³-hybridized carbons (Fsp3) is 0.750. The summed E-state index contributed by atoms with van der Waals surface area (Å²) in [5.74, 6) is 0.192. The molecule has 2 aliphatic rings. The van der Waals surface area contributed by atoms with Crippen LogP contribution in [0.1, 0.15) is 83.5 Å². The summed E-state index contributed by atoms with van der Waals surface area (Å²) in [5.41, 5.74) is 6.68. The van der Waals surface area contributed by atoms with Gasteiger partial charge in [-0.25, -0.2) is 8.42 Å². The number of hydrogen-bond donors (Lipinski definition) is 2. The van der Waals surface area contributed by atoms with E-state index in [1.54, 1.807) is 18.6 Å². The molecule has 218 valence electrons. The van der Waals surface area contributed by atoms with E-state index in [2.05, 4.69) is 14.9 Å². The van der Waals surface area contributed by atoms with Crippen LogP contribution in [-0.2, 0) is 15.6 Å². The lowest BCUT2D eigenvalue weighted by molar-refractivity contribution is 0.0336. The molecule has 10 nitrogen and oxygen atoms in total. The molecule has 2 heterocycles. The third kappa shape index (κ3) is 10.3. The Morgan fingerprint density at radius 3 is 2.31 bits per heavy atom. The van der Waals surface area contributed by atoms with Crippen molar-refractivity contribution >= 4 is 22.5 Å². The van der Waals surface area contributed by atoms with E-state index in [9.17, 15) is 8.42 Å². The predicted molar refractivity (Wildman–Crippen MR) is 156 cm³/mol. The van der Waals surface area contributed by atoms with Crippen LogP contribution in [0.25, 0.3) is 0 Å².